The van der Waals surface area contributed by atoms with E-state index in [1.54, 1.807) is 25.7 Å². The molecule has 1 aliphatic rings. The van der Waals surface area contributed by atoms with Gasteiger partial charge in [-0.3, -0.25) is 0 Å². The lowest BCUT2D eigenvalue weighted by Gasteiger charge is -2.26. The Balaban J connectivity index is 2.17. The summed E-state index contributed by atoms with van der Waals surface area (Å²) in [7, 11) is 0. The highest BCUT2D eigenvalue weighted by Gasteiger charge is 2.18. The number of rotatable bonds is 2. The zero-order chi connectivity index (χ0) is 7.40. The molecule has 0 unspecified atom stereocenters. The first-order chi connectivity index (χ1) is 4.86. The van der Waals surface area contributed by atoms with Crippen LogP contribution in [0.4, 0.5) is 0 Å². The zero-order valence-electron chi connectivity index (χ0n) is 7.40. The Hall–Kier alpha value is 0.532. The molecule has 0 bridgehead atoms. The second-order valence-corrected chi connectivity index (χ2v) is 5.67. The summed E-state index contributed by atoms with van der Waals surface area (Å²) in [5.41, 5.74) is 0. The van der Waals surface area contributed by atoms with Crippen molar-refractivity contribution in [2.75, 3.05) is 0 Å². The van der Waals surface area contributed by atoms with Gasteiger partial charge in [-0.1, -0.05) is 43.8 Å². The van der Waals surface area contributed by atoms with E-state index in [-0.39, 0.29) is 0 Å². The van der Waals surface area contributed by atoms with E-state index in [0.717, 1.165) is 5.92 Å². The average Bonchev–Trinajstić information content (AvgIpc) is 2.05. The molecule has 0 N–H and O–H groups in total. The molecular weight excluding hydrogens is 135 g/mol. The fraction of sp³-hybridized carbons (Fsp3) is 1.00. The van der Waals surface area contributed by atoms with E-state index in [4.69, 9.17) is 0 Å². The third kappa shape index (κ3) is 2.29. The lowest BCUT2D eigenvalue weighted by Crippen LogP contribution is -2.12. The van der Waals surface area contributed by atoms with Crippen LogP contribution in [0.25, 0.3) is 0 Å². The zero-order valence-corrected chi connectivity index (χ0v) is 8.81. The second kappa shape index (κ2) is 4.42. The molecule has 0 atom stereocenters. The van der Waals surface area contributed by atoms with Gasteiger partial charge in [0, 0.05) is 0 Å². The van der Waals surface area contributed by atoms with Crippen LogP contribution in [0.2, 0.25) is 10.6 Å². The van der Waals surface area contributed by atoms with Crippen LogP contribution in [0, 0.1) is 5.92 Å². The summed E-state index contributed by atoms with van der Waals surface area (Å²) in [4.78, 5) is 0. The van der Waals surface area contributed by atoms with Crippen LogP contribution in [0.1, 0.15) is 39.0 Å². The van der Waals surface area contributed by atoms with E-state index in [9.17, 15) is 0 Å². The summed E-state index contributed by atoms with van der Waals surface area (Å²) >= 11 is 0.338. The lowest BCUT2D eigenvalue weighted by molar-refractivity contribution is 0.348. The first-order valence-corrected chi connectivity index (χ1v) is 7.09. The SMILES string of the molecule is CCC1CC[CH]([AlH][CH3])CC1. The molecule has 0 amide bonds. The summed E-state index contributed by atoms with van der Waals surface area (Å²) < 4.78 is 1.21. The molecule has 0 heterocycles. The Labute approximate surface area is 71.1 Å². The predicted octanol–water partition coefficient (Wildman–Crippen LogP) is 2.86. The summed E-state index contributed by atoms with van der Waals surface area (Å²) in [6.45, 7) is 2.34. The van der Waals surface area contributed by atoms with Gasteiger partial charge >= 0.3 is 0 Å². The highest BCUT2D eigenvalue weighted by molar-refractivity contribution is 6.35. The molecule has 10 heavy (non-hydrogen) atoms. The van der Waals surface area contributed by atoms with Crippen molar-refractivity contribution < 1.29 is 0 Å². The lowest BCUT2D eigenvalue weighted by atomic mass is 9.87. The van der Waals surface area contributed by atoms with Gasteiger partial charge in [0.15, 0.2) is 0 Å². The van der Waals surface area contributed by atoms with Gasteiger partial charge < -0.3 is 0 Å². The molecule has 0 aromatic rings. The van der Waals surface area contributed by atoms with Crippen LogP contribution in [0.3, 0.4) is 0 Å². The predicted molar refractivity (Wildman–Crippen MR) is 49.0 cm³/mol. The molecule has 1 heteroatoms. The van der Waals surface area contributed by atoms with Crippen LogP contribution in [-0.2, 0) is 0 Å². The van der Waals surface area contributed by atoms with E-state index in [0.29, 0.717) is 15.2 Å². The largest absolute Gasteiger partial charge is 0.237 e. The van der Waals surface area contributed by atoms with Gasteiger partial charge in [-0.2, -0.15) is 0 Å². The van der Waals surface area contributed by atoms with Gasteiger partial charge in [-0.25, -0.2) is 0 Å². The Kier molecular flexibility index (Phi) is 3.81. The van der Waals surface area contributed by atoms with Gasteiger partial charge in [0.1, 0.15) is 0 Å². The van der Waals surface area contributed by atoms with Crippen molar-refractivity contribution in [3.05, 3.63) is 0 Å². The summed E-state index contributed by atoms with van der Waals surface area (Å²) in [6.07, 6.45) is 7.66. The van der Waals surface area contributed by atoms with Crippen molar-refractivity contribution in [1.82, 2.24) is 0 Å². The first kappa shape index (κ1) is 8.63. The minimum absolute atomic E-state index is 0.338. The van der Waals surface area contributed by atoms with Crippen LogP contribution >= 0.6 is 0 Å². The maximum atomic E-state index is 2.47. The molecule has 0 saturated heterocycles. The molecule has 1 fully saturated rings. The van der Waals surface area contributed by atoms with Crippen LogP contribution in [0.5, 0.6) is 0 Å². The molecule has 58 valence electrons. The molecular formula is C9H19Al. The Morgan fingerprint density at radius 3 is 2.20 bits per heavy atom. The molecule has 0 aromatic heterocycles. The standard InChI is InChI=1S/C8H15.CH3.Al.H/c1-2-8-6-4-3-5-7-8;;;/h3,8H,2,4-7H2,1H3;1H3;;. The highest BCUT2D eigenvalue weighted by Crippen LogP contribution is 2.33. The molecule has 0 aliphatic heterocycles. The third-order valence-corrected chi connectivity index (χ3v) is 5.09. The van der Waals surface area contributed by atoms with E-state index in [2.05, 4.69) is 12.7 Å². The van der Waals surface area contributed by atoms with Gasteiger partial charge in [0.05, 0.1) is 0 Å². The quantitative estimate of drug-likeness (QED) is 0.536. The molecule has 0 nitrogen and oxygen atoms in total. The second-order valence-electron chi connectivity index (χ2n) is 3.70. The van der Waals surface area contributed by atoms with Crippen molar-refractivity contribution in [2.24, 2.45) is 5.92 Å². The normalized spacial score (nSPS) is 33.8. The van der Waals surface area contributed by atoms with Crippen molar-refractivity contribution in [2.45, 2.75) is 49.6 Å². The highest BCUT2D eigenvalue weighted by atomic mass is 27.1. The smallest absolute Gasteiger partial charge is 0.109 e. The fourth-order valence-corrected chi connectivity index (χ4v) is 3.34. The molecule has 0 spiro atoms. The first-order valence-electron chi connectivity index (χ1n) is 4.86. The van der Waals surface area contributed by atoms with Crippen molar-refractivity contribution in [3.63, 3.8) is 0 Å². The summed E-state index contributed by atoms with van der Waals surface area (Å²) in [6, 6.07) is 0. The maximum absolute atomic E-state index is 2.47. The monoisotopic (exact) mass is 154 g/mol. The number of hydrogen-bond donors (Lipinski definition) is 0. The molecule has 0 aromatic carbocycles. The van der Waals surface area contributed by atoms with E-state index in [1.165, 1.54) is 11.2 Å². The Morgan fingerprint density at radius 2 is 1.80 bits per heavy atom. The Morgan fingerprint density at radius 1 is 1.20 bits per heavy atom. The van der Waals surface area contributed by atoms with E-state index in [1.807, 2.05) is 0 Å². The minimum atomic E-state index is 0.338. The minimum Gasteiger partial charge on any atom is -0.109 e. The molecule has 1 saturated carbocycles. The van der Waals surface area contributed by atoms with Crippen molar-refractivity contribution in [1.29, 1.82) is 0 Å². The Bertz CT molecular complexity index is 70.7. The maximum Gasteiger partial charge on any atom is 0.237 e. The summed E-state index contributed by atoms with van der Waals surface area (Å²) in [5.74, 6) is 3.56. The van der Waals surface area contributed by atoms with Crippen LogP contribution in [0.15, 0.2) is 0 Å². The molecule has 1 rings (SSSR count). The van der Waals surface area contributed by atoms with Gasteiger partial charge in [0.25, 0.3) is 0 Å². The summed E-state index contributed by atoms with van der Waals surface area (Å²) in [5, 5.41) is 0. The topological polar surface area (TPSA) is 0 Å². The van der Waals surface area contributed by atoms with Gasteiger partial charge in [-0.05, 0) is 5.92 Å². The third-order valence-electron chi connectivity index (χ3n) is 3.12. The van der Waals surface area contributed by atoms with Gasteiger partial charge in [-0.15, -0.1) is 5.79 Å². The van der Waals surface area contributed by atoms with E-state index < -0.39 is 0 Å². The van der Waals surface area contributed by atoms with Gasteiger partial charge in [0.2, 0.25) is 15.2 Å². The molecule has 1 aliphatic carbocycles. The van der Waals surface area contributed by atoms with E-state index >= 15 is 0 Å². The van der Waals surface area contributed by atoms with Crippen LogP contribution < -0.4 is 0 Å². The van der Waals surface area contributed by atoms with Crippen LogP contribution in [-0.4, -0.2) is 15.2 Å². The average molecular weight is 154 g/mol. The fourth-order valence-electron chi connectivity index (χ4n) is 2.05. The number of hydrogen-bond acceptors (Lipinski definition) is 0. The molecule has 0 radical (unpaired) electrons. The van der Waals surface area contributed by atoms with Crippen molar-refractivity contribution >= 4 is 15.2 Å². The van der Waals surface area contributed by atoms with Crippen molar-refractivity contribution in [3.8, 4) is 0 Å².